The molecule has 196 valence electrons. The van der Waals surface area contributed by atoms with Crippen molar-refractivity contribution >= 4 is 27.9 Å². The molecule has 1 aliphatic heterocycles. The zero-order valence-corrected chi connectivity index (χ0v) is 22.3. The molecule has 1 aliphatic rings. The molecule has 0 amide bonds. The Kier molecular flexibility index (Phi) is 10.9. The predicted octanol–water partition coefficient (Wildman–Crippen LogP) is 4.51. The zero-order valence-electron chi connectivity index (χ0n) is 20.7. The van der Waals surface area contributed by atoms with Crippen molar-refractivity contribution in [1.29, 1.82) is 0 Å². The number of aliphatic carboxylic acids is 2. The molecule has 4 rings (SSSR count). The molecule has 9 heteroatoms. The van der Waals surface area contributed by atoms with Crippen LogP contribution < -0.4 is 9.47 Å². The van der Waals surface area contributed by atoms with E-state index in [0.29, 0.717) is 6.61 Å². The quantitative estimate of drug-likeness (QED) is 0.381. The van der Waals surface area contributed by atoms with Crippen molar-refractivity contribution in [2.45, 2.75) is 19.7 Å². The number of carbonyl (C=O) groups is 2. The minimum atomic E-state index is -1.82. The number of rotatable bonds is 8. The van der Waals surface area contributed by atoms with Gasteiger partial charge in [-0.3, -0.25) is 9.80 Å². The summed E-state index contributed by atoms with van der Waals surface area (Å²) in [4.78, 5) is 23.2. The normalized spacial score (nSPS) is 13.8. The van der Waals surface area contributed by atoms with Crippen LogP contribution >= 0.6 is 15.9 Å². The summed E-state index contributed by atoms with van der Waals surface area (Å²) >= 11 is 3.51. The maximum atomic E-state index is 9.10. The molecule has 37 heavy (non-hydrogen) atoms. The lowest BCUT2D eigenvalue weighted by Gasteiger charge is -2.34. The van der Waals surface area contributed by atoms with Gasteiger partial charge in [-0.15, -0.1) is 0 Å². The van der Waals surface area contributed by atoms with Gasteiger partial charge in [-0.05, 0) is 41.0 Å². The molecular weight excluding hydrogens is 540 g/mol. The number of methoxy groups -OCH3 is 1. The Labute approximate surface area is 225 Å². The third-order valence-electron chi connectivity index (χ3n) is 5.84. The summed E-state index contributed by atoms with van der Waals surface area (Å²) in [5.74, 6) is -2.07. The van der Waals surface area contributed by atoms with Crippen molar-refractivity contribution in [3.63, 3.8) is 0 Å². The summed E-state index contributed by atoms with van der Waals surface area (Å²) in [7, 11) is 1.69. The first-order valence-corrected chi connectivity index (χ1v) is 12.6. The molecular formula is C28H31BrN2O6. The highest BCUT2D eigenvalue weighted by molar-refractivity contribution is 9.10. The average Bonchev–Trinajstić information content (AvgIpc) is 2.91. The smallest absolute Gasteiger partial charge is 0.414 e. The molecule has 0 radical (unpaired) electrons. The second-order valence-corrected chi connectivity index (χ2v) is 9.46. The Morgan fingerprint density at radius 2 is 1.30 bits per heavy atom. The van der Waals surface area contributed by atoms with Crippen LogP contribution in [0.2, 0.25) is 0 Å². The van der Waals surface area contributed by atoms with Gasteiger partial charge in [0.1, 0.15) is 6.61 Å². The molecule has 8 nitrogen and oxygen atoms in total. The second-order valence-electron chi connectivity index (χ2n) is 8.55. The Balaban J connectivity index is 0.000000568. The van der Waals surface area contributed by atoms with E-state index in [2.05, 4.69) is 74.3 Å². The number of carboxylic acids is 2. The lowest BCUT2D eigenvalue weighted by molar-refractivity contribution is -0.159. The number of hydrogen-bond acceptors (Lipinski definition) is 6. The van der Waals surface area contributed by atoms with Crippen LogP contribution in [-0.4, -0.2) is 65.2 Å². The van der Waals surface area contributed by atoms with Crippen molar-refractivity contribution in [3.05, 3.63) is 94.0 Å². The Morgan fingerprint density at radius 3 is 1.84 bits per heavy atom. The van der Waals surface area contributed by atoms with E-state index >= 15 is 0 Å². The SMILES string of the molecule is COc1ccc(CN2CCN(Cc3ccc(Br)cc3)CC2)cc1OCc1ccccc1.O=C(O)C(=O)O. The van der Waals surface area contributed by atoms with E-state index in [1.165, 1.54) is 11.1 Å². The van der Waals surface area contributed by atoms with E-state index in [1.54, 1.807) is 7.11 Å². The first-order valence-electron chi connectivity index (χ1n) is 11.8. The van der Waals surface area contributed by atoms with Gasteiger partial charge in [-0.25, -0.2) is 9.59 Å². The van der Waals surface area contributed by atoms with Gasteiger partial charge in [0.15, 0.2) is 11.5 Å². The van der Waals surface area contributed by atoms with E-state index in [4.69, 9.17) is 29.3 Å². The third kappa shape index (κ3) is 9.53. The van der Waals surface area contributed by atoms with Crippen LogP contribution in [0, 0.1) is 0 Å². The topological polar surface area (TPSA) is 99.5 Å². The highest BCUT2D eigenvalue weighted by atomic mass is 79.9. The number of benzene rings is 3. The van der Waals surface area contributed by atoms with Crippen LogP contribution in [0.3, 0.4) is 0 Å². The van der Waals surface area contributed by atoms with Gasteiger partial charge in [0, 0.05) is 43.7 Å². The third-order valence-corrected chi connectivity index (χ3v) is 6.37. The van der Waals surface area contributed by atoms with Crippen LogP contribution in [-0.2, 0) is 29.3 Å². The molecule has 1 fully saturated rings. The van der Waals surface area contributed by atoms with E-state index in [1.807, 2.05) is 24.3 Å². The first-order chi connectivity index (χ1) is 17.8. The first kappa shape index (κ1) is 28.2. The summed E-state index contributed by atoms with van der Waals surface area (Å²) < 4.78 is 12.7. The Hall–Kier alpha value is -3.40. The van der Waals surface area contributed by atoms with Gasteiger partial charge in [0.2, 0.25) is 0 Å². The van der Waals surface area contributed by atoms with E-state index in [0.717, 1.165) is 60.8 Å². The summed E-state index contributed by atoms with van der Waals surface area (Å²) in [6.45, 7) is 6.80. The highest BCUT2D eigenvalue weighted by Crippen LogP contribution is 2.29. The molecule has 1 saturated heterocycles. The zero-order chi connectivity index (χ0) is 26.6. The lowest BCUT2D eigenvalue weighted by Crippen LogP contribution is -2.45. The maximum absolute atomic E-state index is 9.10. The molecule has 1 heterocycles. The number of carboxylic acid groups (broad SMARTS) is 2. The Morgan fingerprint density at radius 1 is 0.757 bits per heavy atom. The Bertz CT molecular complexity index is 1140. The van der Waals surface area contributed by atoms with Gasteiger partial charge in [0.05, 0.1) is 7.11 Å². The molecule has 0 spiro atoms. The summed E-state index contributed by atoms with van der Waals surface area (Å²) in [6.07, 6.45) is 0. The van der Waals surface area contributed by atoms with Crippen LogP contribution in [0.1, 0.15) is 16.7 Å². The fraction of sp³-hybridized carbons (Fsp3) is 0.286. The summed E-state index contributed by atoms with van der Waals surface area (Å²) in [5.41, 5.74) is 3.77. The summed E-state index contributed by atoms with van der Waals surface area (Å²) in [5, 5.41) is 14.8. The molecule has 0 saturated carbocycles. The van der Waals surface area contributed by atoms with Crippen molar-refractivity contribution in [2.24, 2.45) is 0 Å². The predicted molar refractivity (Wildman–Crippen MR) is 144 cm³/mol. The molecule has 3 aromatic carbocycles. The number of ether oxygens (including phenoxy) is 2. The molecule has 3 aromatic rings. The number of nitrogens with zero attached hydrogens (tertiary/aromatic N) is 2. The fourth-order valence-electron chi connectivity index (χ4n) is 3.88. The lowest BCUT2D eigenvalue weighted by atomic mass is 10.1. The molecule has 2 N–H and O–H groups in total. The molecule has 0 bridgehead atoms. The van der Waals surface area contributed by atoms with Gasteiger partial charge < -0.3 is 19.7 Å². The summed E-state index contributed by atoms with van der Waals surface area (Å²) in [6, 6.07) is 25.1. The number of hydrogen-bond donors (Lipinski definition) is 2. The van der Waals surface area contributed by atoms with Gasteiger partial charge in [-0.1, -0.05) is 64.5 Å². The minimum absolute atomic E-state index is 0.537. The average molecular weight is 571 g/mol. The number of piperazine rings is 1. The highest BCUT2D eigenvalue weighted by Gasteiger charge is 2.18. The van der Waals surface area contributed by atoms with Crippen LogP contribution in [0.25, 0.3) is 0 Å². The fourth-order valence-corrected chi connectivity index (χ4v) is 4.14. The maximum Gasteiger partial charge on any atom is 0.414 e. The molecule has 0 unspecified atom stereocenters. The van der Waals surface area contributed by atoms with E-state index < -0.39 is 11.9 Å². The van der Waals surface area contributed by atoms with Gasteiger partial charge in [-0.2, -0.15) is 0 Å². The standard InChI is InChI=1S/C26H29BrN2O2.C2H2O4/c1-30-25-12-9-23(17-26(25)31-20-22-5-3-2-4-6-22)19-29-15-13-28(14-16-29)18-21-7-10-24(27)11-8-21;3-1(4)2(5)6/h2-12,17H,13-16,18-20H2,1H3;(H,3,4)(H,5,6). The van der Waals surface area contributed by atoms with Crippen LogP contribution in [0.15, 0.2) is 77.3 Å². The molecule has 0 aromatic heterocycles. The number of halogens is 1. The van der Waals surface area contributed by atoms with Crippen molar-refractivity contribution in [3.8, 4) is 11.5 Å². The van der Waals surface area contributed by atoms with Crippen molar-refractivity contribution in [2.75, 3.05) is 33.3 Å². The van der Waals surface area contributed by atoms with Gasteiger partial charge >= 0.3 is 11.9 Å². The monoisotopic (exact) mass is 570 g/mol. The second kappa shape index (κ2) is 14.4. The largest absolute Gasteiger partial charge is 0.493 e. The van der Waals surface area contributed by atoms with Crippen LogP contribution in [0.5, 0.6) is 11.5 Å². The van der Waals surface area contributed by atoms with E-state index in [9.17, 15) is 0 Å². The molecule has 0 aliphatic carbocycles. The van der Waals surface area contributed by atoms with Crippen LogP contribution in [0.4, 0.5) is 0 Å². The minimum Gasteiger partial charge on any atom is -0.493 e. The molecule has 0 atom stereocenters. The van der Waals surface area contributed by atoms with E-state index in [-0.39, 0.29) is 0 Å². The van der Waals surface area contributed by atoms with Crippen molar-refractivity contribution < 1.29 is 29.3 Å². The van der Waals surface area contributed by atoms with Gasteiger partial charge in [0.25, 0.3) is 0 Å². The van der Waals surface area contributed by atoms with Crippen molar-refractivity contribution in [1.82, 2.24) is 9.80 Å².